The van der Waals surface area contributed by atoms with Gasteiger partial charge in [-0.1, -0.05) is 97.3 Å². The van der Waals surface area contributed by atoms with Gasteiger partial charge in [-0.05, 0) is 31.3 Å². The first-order valence-electron chi connectivity index (χ1n) is 11.6. The minimum atomic E-state index is -0.0159. The van der Waals surface area contributed by atoms with Crippen molar-refractivity contribution in [3.05, 3.63) is 11.8 Å². The number of esters is 1. The molecule has 0 N–H and O–H groups in total. The van der Waals surface area contributed by atoms with Crippen molar-refractivity contribution in [3.8, 4) is 0 Å². The molecule has 2 nitrogen and oxygen atoms in total. The third-order valence-corrected chi connectivity index (χ3v) is 5.53. The van der Waals surface area contributed by atoms with Gasteiger partial charge in [-0.2, -0.15) is 0 Å². The van der Waals surface area contributed by atoms with E-state index in [0.717, 1.165) is 31.4 Å². The van der Waals surface area contributed by atoms with E-state index in [0.29, 0.717) is 12.3 Å². The maximum Gasteiger partial charge on any atom is 0.310 e. The van der Waals surface area contributed by atoms with E-state index in [1.807, 2.05) is 0 Å². The second-order valence-electron chi connectivity index (χ2n) is 8.32. The molecule has 0 saturated heterocycles. The molecule has 1 aliphatic rings. The zero-order chi connectivity index (χ0) is 18.9. The Balaban J connectivity index is 2.43. The molecule has 0 radical (unpaired) electrons. The highest BCUT2D eigenvalue weighted by atomic mass is 16.5. The highest BCUT2D eigenvalue weighted by Gasteiger charge is 2.10. The molecule has 1 aliphatic carbocycles. The highest BCUT2D eigenvalue weighted by molar-refractivity contribution is 5.70. The van der Waals surface area contributed by atoms with E-state index < -0.39 is 0 Å². The average Bonchev–Trinajstić information content (AvgIpc) is 2.62. The summed E-state index contributed by atoms with van der Waals surface area (Å²) in [6.45, 7) is 4.49. The molecule has 1 unspecified atom stereocenters. The van der Waals surface area contributed by atoms with E-state index in [4.69, 9.17) is 4.74 Å². The molecule has 0 spiro atoms. The second-order valence-corrected chi connectivity index (χ2v) is 8.32. The van der Waals surface area contributed by atoms with Gasteiger partial charge in [0.25, 0.3) is 0 Å². The number of carbonyl (C=O) groups excluding carboxylic acids is 1. The van der Waals surface area contributed by atoms with Gasteiger partial charge in [-0.15, -0.1) is 0 Å². The van der Waals surface area contributed by atoms with Gasteiger partial charge in [0.15, 0.2) is 0 Å². The Bertz CT molecular complexity index is 372. The van der Waals surface area contributed by atoms with Crippen LogP contribution in [0, 0.1) is 5.92 Å². The Hall–Kier alpha value is -0.790. The van der Waals surface area contributed by atoms with Crippen molar-refractivity contribution in [1.82, 2.24) is 0 Å². The topological polar surface area (TPSA) is 26.3 Å². The normalized spacial score (nSPS) is 23.3. The fourth-order valence-electron chi connectivity index (χ4n) is 3.82. The maximum absolute atomic E-state index is 12.2. The van der Waals surface area contributed by atoms with E-state index in [1.165, 1.54) is 83.5 Å². The predicted octanol–water partition coefficient (Wildman–Crippen LogP) is 8.10. The largest absolute Gasteiger partial charge is 0.431 e. The monoisotopic (exact) mass is 364 g/mol. The van der Waals surface area contributed by atoms with Crippen molar-refractivity contribution in [1.29, 1.82) is 0 Å². The summed E-state index contributed by atoms with van der Waals surface area (Å²) in [5.41, 5.74) is 0. The van der Waals surface area contributed by atoms with Gasteiger partial charge in [-0.3, -0.25) is 4.79 Å². The molecule has 0 fully saturated rings. The van der Waals surface area contributed by atoms with E-state index in [9.17, 15) is 4.79 Å². The van der Waals surface area contributed by atoms with Gasteiger partial charge in [0, 0.05) is 12.8 Å². The first-order valence-corrected chi connectivity index (χ1v) is 11.6. The van der Waals surface area contributed by atoms with Crippen molar-refractivity contribution >= 4 is 5.97 Å². The molecular formula is C24H44O2. The fraction of sp³-hybridized carbons (Fsp3) is 0.875. The van der Waals surface area contributed by atoms with E-state index in [2.05, 4.69) is 19.9 Å². The molecule has 0 aromatic heterocycles. The zero-order valence-corrected chi connectivity index (χ0v) is 17.7. The summed E-state index contributed by atoms with van der Waals surface area (Å²) in [6, 6.07) is 0. The summed E-state index contributed by atoms with van der Waals surface area (Å²) in [7, 11) is 0. The summed E-state index contributed by atoms with van der Waals surface area (Å²) < 4.78 is 5.78. The third kappa shape index (κ3) is 13.4. The summed E-state index contributed by atoms with van der Waals surface area (Å²) in [5, 5.41) is 0. The smallest absolute Gasteiger partial charge is 0.310 e. The lowest BCUT2D eigenvalue weighted by molar-refractivity contribution is -0.139. The maximum atomic E-state index is 12.2. The van der Waals surface area contributed by atoms with Gasteiger partial charge >= 0.3 is 5.97 Å². The van der Waals surface area contributed by atoms with Crippen molar-refractivity contribution < 1.29 is 9.53 Å². The number of hydrogen-bond acceptors (Lipinski definition) is 2. The van der Waals surface area contributed by atoms with Gasteiger partial charge in [0.05, 0.1) is 0 Å². The lowest BCUT2D eigenvalue weighted by Gasteiger charge is -2.12. The number of allylic oxidation sites excluding steroid dienone is 2. The molecule has 1 atom stereocenters. The zero-order valence-electron chi connectivity index (χ0n) is 17.7. The highest BCUT2D eigenvalue weighted by Crippen LogP contribution is 2.21. The van der Waals surface area contributed by atoms with Crippen LogP contribution in [0.25, 0.3) is 0 Å². The lowest BCUT2D eigenvalue weighted by Crippen LogP contribution is -2.06. The Labute approximate surface area is 163 Å². The molecule has 2 heteroatoms. The van der Waals surface area contributed by atoms with Crippen LogP contribution < -0.4 is 0 Å². The number of ether oxygens (including phenoxy) is 1. The van der Waals surface area contributed by atoms with Gasteiger partial charge < -0.3 is 4.74 Å². The Morgan fingerprint density at radius 1 is 0.885 bits per heavy atom. The molecule has 0 amide bonds. The Morgan fingerprint density at radius 3 is 2.12 bits per heavy atom. The van der Waals surface area contributed by atoms with Crippen LogP contribution in [0.15, 0.2) is 11.8 Å². The van der Waals surface area contributed by atoms with Crippen molar-refractivity contribution in [2.45, 2.75) is 129 Å². The van der Waals surface area contributed by atoms with Gasteiger partial charge in [0.1, 0.15) is 5.76 Å². The second kappa shape index (κ2) is 16.4. The van der Waals surface area contributed by atoms with Crippen molar-refractivity contribution in [3.63, 3.8) is 0 Å². The van der Waals surface area contributed by atoms with Crippen LogP contribution in [0.5, 0.6) is 0 Å². The number of carbonyl (C=O) groups is 1. The summed E-state index contributed by atoms with van der Waals surface area (Å²) >= 11 is 0. The van der Waals surface area contributed by atoms with E-state index >= 15 is 0 Å². The molecule has 0 aromatic rings. The molecule has 0 aliphatic heterocycles. The molecule has 152 valence electrons. The van der Waals surface area contributed by atoms with Crippen LogP contribution in [0.4, 0.5) is 0 Å². The van der Waals surface area contributed by atoms with Crippen LogP contribution >= 0.6 is 0 Å². The van der Waals surface area contributed by atoms with Crippen LogP contribution in [0.2, 0.25) is 0 Å². The lowest BCUT2D eigenvalue weighted by atomic mass is 10.0. The van der Waals surface area contributed by atoms with E-state index in [1.54, 1.807) is 0 Å². The molecule has 26 heavy (non-hydrogen) atoms. The van der Waals surface area contributed by atoms with Crippen LogP contribution in [0.3, 0.4) is 0 Å². The van der Waals surface area contributed by atoms with Crippen LogP contribution in [-0.2, 0) is 9.53 Å². The van der Waals surface area contributed by atoms with Crippen molar-refractivity contribution in [2.75, 3.05) is 0 Å². The molecule has 0 saturated carbocycles. The molecule has 0 bridgehead atoms. The van der Waals surface area contributed by atoms with Crippen LogP contribution in [0.1, 0.15) is 129 Å². The van der Waals surface area contributed by atoms with E-state index in [-0.39, 0.29) is 5.97 Å². The minimum absolute atomic E-state index is 0.0159. The fourth-order valence-corrected chi connectivity index (χ4v) is 3.82. The summed E-state index contributed by atoms with van der Waals surface area (Å²) in [6.07, 6.45) is 24.2. The number of rotatable bonds is 7. The number of hydrogen-bond donors (Lipinski definition) is 0. The SMILES string of the molecule is CCCCCCCC(=O)O/C1=C\C(C)CCCCCCCCCCCC1. The molecule has 1 rings (SSSR count). The first-order chi connectivity index (χ1) is 12.7. The minimum Gasteiger partial charge on any atom is -0.431 e. The standard InChI is InChI=1S/C24H44O2/c1-3-4-5-12-17-20-24(25)26-23-19-16-14-11-9-7-6-8-10-13-15-18-22(2)21-23/h21-22H,3-20H2,1-2H3/b23-21-. The van der Waals surface area contributed by atoms with Crippen LogP contribution in [-0.4, -0.2) is 5.97 Å². The number of unbranched alkanes of at least 4 members (excludes halogenated alkanes) is 4. The van der Waals surface area contributed by atoms with Gasteiger partial charge in [0.2, 0.25) is 0 Å². The summed E-state index contributed by atoms with van der Waals surface area (Å²) in [4.78, 5) is 12.2. The van der Waals surface area contributed by atoms with Gasteiger partial charge in [-0.25, -0.2) is 0 Å². The Kier molecular flexibility index (Phi) is 14.7. The predicted molar refractivity (Wildman–Crippen MR) is 112 cm³/mol. The van der Waals surface area contributed by atoms with Crippen molar-refractivity contribution in [2.24, 2.45) is 5.92 Å². The Morgan fingerprint density at radius 2 is 1.46 bits per heavy atom. The quantitative estimate of drug-likeness (QED) is 0.337. The summed E-state index contributed by atoms with van der Waals surface area (Å²) in [5.74, 6) is 1.45. The molecule has 0 aromatic carbocycles. The third-order valence-electron chi connectivity index (χ3n) is 5.53. The average molecular weight is 365 g/mol. The molecule has 0 heterocycles. The first kappa shape index (κ1) is 23.2. The molecular weight excluding hydrogens is 320 g/mol.